The molecule has 1 N–H and O–H groups in total. The SMILES string of the molecule is Cc1csc(Sc2ccc(NS(=O)(=O)/C=C/c3ccccc3)c(C)c2)n1. The molecule has 0 aliphatic carbocycles. The van der Waals surface area contributed by atoms with Gasteiger partial charge in [0.1, 0.15) is 0 Å². The first-order valence-corrected chi connectivity index (χ1v) is 11.1. The standard InChI is InChI=1S/C19H18N2O2S3/c1-14-12-17(25-19-20-15(2)13-24-19)8-9-18(14)21-26(22,23)11-10-16-6-4-3-5-7-16/h3-13,21H,1-2H3/b11-10+. The zero-order chi connectivity index (χ0) is 18.6. The van der Waals surface area contributed by atoms with Gasteiger partial charge in [0.2, 0.25) is 0 Å². The average Bonchev–Trinajstić information content (AvgIpc) is 3.01. The first-order valence-electron chi connectivity index (χ1n) is 7.88. The van der Waals surface area contributed by atoms with E-state index in [9.17, 15) is 8.42 Å². The minimum absolute atomic E-state index is 0.572. The number of aryl methyl sites for hydroxylation is 2. The van der Waals surface area contributed by atoms with Crippen LogP contribution in [0, 0.1) is 13.8 Å². The predicted molar refractivity (Wildman–Crippen MR) is 110 cm³/mol. The summed E-state index contributed by atoms with van der Waals surface area (Å²) in [7, 11) is -3.57. The highest BCUT2D eigenvalue weighted by Gasteiger charge is 2.10. The highest BCUT2D eigenvalue weighted by atomic mass is 32.2. The first kappa shape index (κ1) is 18.7. The summed E-state index contributed by atoms with van der Waals surface area (Å²) in [6, 6.07) is 15.0. The van der Waals surface area contributed by atoms with E-state index in [1.807, 2.05) is 61.7 Å². The fourth-order valence-electron chi connectivity index (χ4n) is 2.21. The third-order valence-corrected chi connectivity index (χ3v) is 6.54. The van der Waals surface area contributed by atoms with E-state index in [0.29, 0.717) is 5.69 Å². The molecule has 2 aromatic carbocycles. The second-order valence-corrected chi connectivity index (χ2v) is 9.44. The van der Waals surface area contributed by atoms with Crippen molar-refractivity contribution in [2.75, 3.05) is 4.72 Å². The second kappa shape index (κ2) is 8.07. The molecule has 4 nitrogen and oxygen atoms in total. The molecule has 134 valence electrons. The molecule has 0 fully saturated rings. The van der Waals surface area contributed by atoms with Gasteiger partial charge in [0.15, 0.2) is 4.34 Å². The van der Waals surface area contributed by atoms with Crippen molar-refractivity contribution in [2.24, 2.45) is 0 Å². The quantitative estimate of drug-likeness (QED) is 0.606. The van der Waals surface area contributed by atoms with Crippen molar-refractivity contribution in [3.05, 3.63) is 76.1 Å². The van der Waals surface area contributed by atoms with Gasteiger partial charge in [-0.15, -0.1) is 11.3 Å². The zero-order valence-electron chi connectivity index (χ0n) is 14.3. The molecular formula is C19H18N2O2S3. The zero-order valence-corrected chi connectivity index (χ0v) is 16.8. The lowest BCUT2D eigenvalue weighted by Crippen LogP contribution is -2.09. The summed E-state index contributed by atoms with van der Waals surface area (Å²) >= 11 is 3.17. The molecule has 0 spiro atoms. The van der Waals surface area contributed by atoms with E-state index in [4.69, 9.17) is 0 Å². The number of rotatable bonds is 6. The smallest absolute Gasteiger partial charge is 0.255 e. The van der Waals surface area contributed by atoms with Crippen LogP contribution in [0.25, 0.3) is 6.08 Å². The van der Waals surface area contributed by atoms with Crippen molar-refractivity contribution in [2.45, 2.75) is 23.1 Å². The molecule has 0 aliphatic rings. The number of benzene rings is 2. The van der Waals surface area contributed by atoms with Crippen LogP contribution in [-0.2, 0) is 10.0 Å². The molecule has 3 aromatic rings. The Morgan fingerprint density at radius 2 is 1.88 bits per heavy atom. The lowest BCUT2D eigenvalue weighted by Gasteiger charge is -2.09. The molecule has 0 saturated heterocycles. The van der Waals surface area contributed by atoms with Gasteiger partial charge in [0.25, 0.3) is 10.0 Å². The summed E-state index contributed by atoms with van der Waals surface area (Å²) in [6.07, 6.45) is 1.58. The number of nitrogens with one attached hydrogen (secondary N) is 1. The minimum Gasteiger partial charge on any atom is -0.280 e. The van der Waals surface area contributed by atoms with E-state index in [2.05, 4.69) is 9.71 Å². The van der Waals surface area contributed by atoms with Gasteiger partial charge in [-0.25, -0.2) is 13.4 Å². The van der Waals surface area contributed by atoms with Gasteiger partial charge in [0.05, 0.1) is 11.1 Å². The van der Waals surface area contributed by atoms with Crippen LogP contribution in [0.3, 0.4) is 0 Å². The van der Waals surface area contributed by atoms with Crippen LogP contribution in [0.5, 0.6) is 0 Å². The first-order chi connectivity index (χ1) is 12.4. The molecule has 0 atom stereocenters. The molecule has 1 aromatic heterocycles. The monoisotopic (exact) mass is 402 g/mol. The average molecular weight is 403 g/mol. The van der Waals surface area contributed by atoms with Crippen LogP contribution in [0.2, 0.25) is 0 Å². The maximum atomic E-state index is 12.3. The molecule has 7 heteroatoms. The van der Waals surface area contributed by atoms with Crippen molar-refractivity contribution < 1.29 is 8.42 Å². The van der Waals surface area contributed by atoms with Crippen molar-refractivity contribution >= 4 is 44.9 Å². The molecule has 3 rings (SSSR count). The number of hydrogen-bond donors (Lipinski definition) is 1. The van der Waals surface area contributed by atoms with Crippen LogP contribution < -0.4 is 4.72 Å². The van der Waals surface area contributed by atoms with E-state index in [-0.39, 0.29) is 0 Å². The van der Waals surface area contributed by atoms with Crippen molar-refractivity contribution in [1.82, 2.24) is 4.98 Å². The molecule has 0 amide bonds. The number of nitrogens with zero attached hydrogens (tertiary/aromatic N) is 1. The van der Waals surface area contributed by atoms with E-state index in [0.717, 1.165) is 26.1 Å². The highest BCUT2D eigenvalue weighted by molar-refractivity contribution is 8.01. The van der Waals surface area contributed by atoms with E-state index in [1.54, 1.807) is 35.2 Å². The maximum Gasteiger partial charge on any atom is 0.255 e. The molecule has 1 heterocycles. The van der Waals surface area contributed by atoms with Crippen LogP contribution >= 0.6 is 23.1 Å². The normalized spacial score (nSPS) is 11.8. The topological polar surface area (TPSA) is 59.1 Å². The second-order valence-electron chi connectivity index (χ2n) is 5.69. The Kier molecular flexibility index (Phi) is 5.80. The van der Waals surface area contributed by atoms with Gasteiger partial charge in [-0.1, -0.05) is 42.1 Å². The minimum atomic E-state index is -3.57. The van der Waals surface area contributed by atoms with Gasteiger partial charge >= 0.3 is 0 Å². The van der Waals surface area contributed by atoms with Gasteiger partial charge in [-0.3, -0.25) is 4.72 Å². The Bertz CT molecular complexity index is 1030. The van der Waals surface area contributed by atoms with Gasteiger partial charge in [-0.2, -0.15) is 0 Å². The highest BCUT2D eigenvalue weighted by Crippen LogP contribution is 2.32. The number of sulfonamides is 1. The van der Waals surface area contributed by atoms with Gasteiger partial charge in [-0.05, 0) is 49.2 Å². The van der Waals surface area contributed by atoms with E-state index >= 15 is 0 Å². The Morgan fingerprint density at radius 1 is 1.12 bits per heavy atom. The molecule has 0 radical (unpaired) electrons. The van der Waals surface area contributed by atoms with Crippen LogP contribution in [0.4, 0.5) is 5.69 Å². The molecule has 0 bridgehead atoms. The largest absolute Gasteiger partial charge is 0.280 e. The Hall–Kier alpha value is -2.09. The lowest BCUT2D eigenvalue weighted by molar-refractivity contribution is 0.609. The number of aromatic nitrogens is 1. The number of hydrogen-bond acceptors (Lipinski definition) is 5. The van der Waals surface area contributed by atoms with Crippen LogP contribution in [0.15, 0.2) is 68.6 Å². The Labute approximate surface area is 162 Å². The summed E-state index contributed by atoms with van der Waals surface area (Å²) in [5, 5.41) is 3.19. The Balaban J connectivity index is 1.72. The van der Waals surface area contributed by atoms with Crippen molar-refractivity contribution in [3.8, 4) is 0 Å². The van der Waals surface area contributed by atoms with Crippen LogP contribution in [-0.4, -0.2) is 13.4 Å². The van der Waals surface area contributed by atoms with Crippen molar-refractivity contribution in [3.63, 3.8) is 0 Å². The third-order valence-electron chi connectivity index (χ3n) is 3.49. The van der Waals surface area contributed by atoms with Gasteiger partial charge in [0, 0.05) is 16.0 Å². The molecular weight excluding hydrogens is 384 g/mol. The number of thiazole rings is 1. The summed E-state index contributed by atoms with van der Waals surface area (Å²) in [5.41, 5.74) is 3.27. The summed E-state index contributed by atoms with van der Waals surface area (Å²) in [6.45, 7) is 3.85. The van der Waals surface area contributed by atoms with Crippen molar-refractivity contribution in [1.29, 1.82) is 0 Å². The summed E-state index contributed by atoms with van der Waals surface area (Å²) < 4.78 is 28.2. The molecule has 0 aliphatic heterocycles. The molecule has 26 heavy (non-hydrogen) atoms. The van der Waals surface area contributed by atoms with E-state index < -0.39 is 10.0 Å². The Morgan fingerprint density at radius 3 is 2.54 bits per heavy atom. The summed E-state index contributed by atoms with van der Waals surface area (Å²) in [4.78, 5) is 5.46. The third kappa shape index (κ3) is 5.20. The summed E-state index contributed by atoms with van der Waals surface area (Å²) in [5.74, 6) is 0. The van der Waals surface area contributed by atoms with Gasteiger partial charge < -0.3 is 0 Å². The van der Waals surface area contributed by atoms with E-state index in [1.165, 1.54) is 5.41 Å². The fourth-order valence-corrected chi connectivity index (χ4v) is 5.06. The predicted octanol–water partition coefficient (Wildman–Crippen LogP) is 5.32. The van der Waals surface area contributed by atoms with Crippen LogP contribution in [0.1, 0.15) is 16.8 Å². The fraction of sp³-hybridized carbons (Fsp3) is 0.105. The maximum absolute atomic E-state index is 12.3. The molecule has 0 saturated carbocycles. The lowest BCUT2D eigenvalue weighted by atomic mass is 10.2. The number of anilines is 1. The molecule has 0 unspecified atom stereocenters.